The van der Waals surface area contributed by atoms with Crippen LogP contribution in [0, 0.1) is 0 Å². The van der Waals surface area contributed by atoms with Crippen molar-refractivity contribution >= 4 is 12.0 Å². The van der Waals surface area contributed by atoms with Crippen LogP contribution in [0.2, 0.25) is 0 Å². The van der Waals surface area contributed by atoms with Crippen LogP contribution in [-0.2, 0) is 14.3 Å². The van der Waals surface area contributed by atoms with Crippen molar-refractivity contribution in [1.29, 1.82) is 0 Å². The van der Waals surface area contributed by atoms with Gasteiger partial charge < -0.3 is 29.6 Å². The highest BCUT2D eigenvalue weighted by molar-refractivity contribution is 5.95. The van der Waals surface area contributed by atoms with Gasteiger partial charge in [-0.1, -0.05) is 0 Å². The molecule has 0 unspecified atom stereocenters. The van der Waals surface area contributed by atoms with Crippen molar-refractivity contribution < 1.29 is 28.5 Å². The molecule has 0 saturated heterocycles. The molecule has 142 valence electrons. The van der Waals surface area contributed by atoms with Crippen LogP contribution in [0.25, 0.3) is 0 Å². The Labute approximate surface area is 152 Å². The molecule has 1 aliphatic rings. The van der Waals surface area contributed by atoms with Crippen molar-refractivity contribution in [3.63, 3.8) is 0 Å². The number of rotatable bonds is 8. The topological polar surface area (TPSA) is 95.1 Å². The highest BCUT2D eigenvalue weighted by Crippen LogP contribution is 2.35. The molecule has 2 amide bonds. The Morgan fingerprint density at radius 3 is 2.62 bits per heavy atom. The number of methoxy groups -OCH3 is 2. The first-order chi connectivity index (χ1) is 12.5. The molecular formula is C18H24N2O6. The van der Waals surface area contributed by atoms with E-state index in [2.05, 4.69) is 10.6 Å². The Morgan fingerprint density at radius 2 is 1.96 bits per heavy atom. The molecular weight excluding hydrogens is 340 g/mol. The Balaban J connectivity index is 2.36. The maximum atomic E-state index is 12.6. The molecule has 8 nitrogen and oxygen atoms in total. The summed E-state index contributed by atoms with van der Waals surface area (Å²) in [6.45, 7) is 4.49. The number of ether oxygens (including phenoxy) is 4. The fourth-order valence-electron chi connectivity index (χ4n) is 2.68. The van der Waals surface area contributed by atoms with Crippen LogP contribution in [-0.4, -0.2) is 46.0 Å². The van der Waals surface area contributed by atoms with E-state index in [-0.39, 0.29) is 6.61 Å². The smallest absolute Gasteiger partial charge is 0.338 e. The van der Waals surface area contributed by atoms with Gasteiger partial charge in [-0.15, -0.1) is 0 Å². The first-order valence-corrected chi connectivity index (χ1v) is 8.26. The van der Waals surface area contributed by atoms with E-state index in [1.165, 1.54) is 14.2 Å². The molecule has 1 aromatic rings. The van der Waals surface area contributed by atoms with Gasteiger partial charge in [-0.2, -0.15) is 0 Å². The minimum atomic E-state index is -0.728. The lowest BCUT2D eigenvalue weighted by atomic mass is 9.94. The van der Waals surface area contributed by atoms with Crippen LogP contribution in [0.15, 0.2) is 29.5 Å². The van der Waals surface area contributed by atoms with E-state index in [0.29, 0.717) is 41.5 Å². The van der Waals surface area contributed by atoms with Gasteiger partial charge in [0.05, 0.1) is 32.4 Å². The summed E-state index contributed by atoms with van der Waals surface area (Å²) in [4.78, 5) is 24.6. The number of urea groups is 1. The maximum Gasteiger partial charge on any atom is 0.338 e. The minimum absolute atomic E-state index is 0.124. The second-order valence-corrected chi connectivity index (χ2v) is 5.51. The van der Waals surface area contributed by atoms with Gasteiger partial charge in [-0.05, 0) is 32.0 Å². The molecule has 26 heavy (non-hydrogen) atoms. The molecule has 0 bridgehead atoms. The van der Waals surface area contributed by atoms with Gasteiger partial charge in [0.1, 0.15) is 18.1 Å². The lowest BCUT2D eigenvalue weighted by Gasteiger charge is -2.29. The van der Waals surface area contributed by atoms with Gasteiger partial charge in [0.25, 0.3) is 0 Å². The number of carbonyl (C=O) groups is 2. The number of carbonyl (C=O) groups excluding carboxylic acids is 2. The van der Waals surface area contributed by atoms with Crippen molar-refractivity contribution in [3.8, 4) is 11.5 Å². The average molecular weight is 364 g/mol. The summed E-state index contributed by atoms with van der Waals surface area (Å²) < 4.78 is 21.1. The third kappa shape index (κ3) is 4.45. The normalized spacial score (nSPS) is 16.6. The van der Waals surface area contributed by atoms with Gasteiger partial charge in [0.2, 0.25) is 0 Å². The van der Waals surface area contributed by atoms with Gasteiger partial charge in [0.15, 0.2) is 0 Å². The minimum Gasteiger partial charge on any atom is -0.497 e. The van der Waals surface area contributed by atoms with Crippen molar-refractivity contribution in [2.75, 3.05) is 34.0 Å². The molecule has 0 aliphatic carbocycles. The van der Waals surface area contributed by atoms with Crippen molar-refractivity contribution in [2.24, 2.45) is 0 Å². The zero-order chi connectivity index (χ0) is 19.1. The molecule has 1 aromatic carbocycles. The third-order valence-electron chi connectivity index (χ3n) is 3.90. The molecule has 0 saturated carbocycles. The monoisotopic (exact) mass is 364 g/mol. The third-order valence-corrected chi connectivity index (χ3v) is 3.90. The van der Waals surface area contributed by atoms with Crippen LogP contribution in [0.4, 0.5) is 4.79 Å². The van der Waals surface area contributed by atoms with E-state index in [9.17, 15) is 9.59 Å². The first-order valence-electron chi connectivity index (χ1n) is 8.26. The Hall–Kier alpha value is -2.74. The highest BCUT2D eigenvalue weighted by Gasteiger charge is 2.34. The quantitative estimate of drug-likeness (QED) is 0.540. The van der Waals surface area contributed by atoms with Gasteiger partial charge in [-0.3, -0.25) is 0 Å². The number of esters is 1. The standard InChI is InChI=1S/C18H24N2O6/c1-5-25-8-9-26-17(21)15-11(2)19-18(22)20-16(15)13-10-12(23-3)6-7-14(13)24-4/h6-7,10,16H,5,8-9H2,1-4H3,(H2,19,20,22)/t16-/m1/s1. The van der Waals surface area contributed by atoms with Gasteiger partial charge in [-0.25, -0.2) is 9.59 Å². The van der Waals surface area contributed by atoms with E-state index in [4.69, 9.17) is 18.9 Å². The van der Waals surface area contributed by atoms with Crippen LogP contribution in [0.5, 0.6) is 11.5 Å². The Kier molecular flexibility index (Phi) is 6.85. The number of amides is 2. The molecule has 0 spiro atoms. The highest BCUT2D eigenvalue weighted by atomic mass is 16.6. The average Bonchev–Trinajstić information content (AvgIpc) is 2.63. The first kappa shape index (κ1) is 19.6. The van der Waals surface area contributed by atoms with Crippen LogP contribution < -0.4 is 20.1 Å². The van der Waals surface area contributed by atoms with E-state index < -0.39 is 18.0 Å². The van der Waals surface area contributed by atoms with Crippen LogP contribution in [0.1, 0.15) is 25.5 Å². The Morgan fingerprint density at radius 1 is 1.19 bits per heavy atom. The molecule has 2 N–H and O–H groups in total. The molecule has 0 radical (unpaired) electrons. The molecule has 1 atom stereocenters. The second kappa shape index (κ2) is 9.10. The fraction of sp³-hybridized carbons (Fsp3) is 0.444. The van der Waals surface area contributed by atoms with Crippen molar-refractivity contribution in [1.82, 2.24) is 10.6 Å². The molecule has 0 aromatic heterocycles. The number of nitrogens with one attached hydrogen (secondary N) is 2. The van der Waals surface area contributed by atoms with Gasteiger partial charge in [0, 0.05) is 17.9 Å². The second-order valence-electron chi connectivity index (χ2n) is 5.51. The molecule has 0 fully saturated rings. The summed E-state index contributed by atoms with van der Waals surface area (Å²) in [6, 6.07) is 4.03. The predicted octanol–water partition coefficient (Wildman–Crippen LogP) is 1.91. The zero-order valence-corrected chi connectivity index (χ0v) is 15.4. The molecule has 2 rings (SSSR count). The summed E-state index contributed by atoms with van der Waals surface area (Å²) in [7, 11) is 3.06. The largest absolute Gasteiger partial charge is 0.497 e. The number of benzene rings is 1. The SMILES string of the molecule is CCOCCOC(=O)C1=C(C)NC(=O)N[C@@H]1c1cc(OC)ccc1OC. The molecule has 1 aliphatic heterocycles. The van der Waals surface area contributed by atoms with Crippen LogP contribution >= 0.6 is 0 Å². The summed E-state index contributed by atoms with van der Waals surface area (Å²) in [5, 5.41) is 5.35. The number of hydrogen-bond acceptors (Lipinski definition) is 6. The summed E-state index contributed by atoms with van der Waals surface area (Å²) >= 11 is 0. The zero-order valence-electron chi connectivity index (χ0n) is 15.4. The van der Waals surface area contributed by atoms with Crippen molar-refractivity contribution in [2.45, 2.75) is 19.9 Å². The lowest BCUT2D eigenvalue weighted by Crippen LogP contribution is -2.45. The Bertz CT molecular complexity index is 701. The van der Waals surface area contributed by atoms with Gasteiger partial charge >= 0.3 is 12.0 Å². The maximum absolute atomic E-state index is 12.6. The molecule has 8 heteroatoms. The summed E-state index contributed by atoms with van der Waals surface area (Å²) in [6.07, 6.45) is 0. The van der Waals surface area contributed by atoms with Crippen LogP contribution in [0.3, 0.4) is 0 Å². The number of allylic oxidation sites excluding steroid dienone is 1. The summed E-state index contributed by atoms with van der Waals surface area (Å²) in [5.41, 5.74) is 1.32. The van der Waals surface area contributed by atoms with Crippen molar-refractivity contribution in [3.05, 3.63) is 35.0 Å². The molecule has 1 heterocycles. The van der Waals surface area contributed by atoms with E-state index in [0.717, 1.165) is 0 Å². The fourth-order valence-corrected chi connectivity index (χ4v) is 2.68. The van der Waals surface area contributed by atoms with E-state index in [1.54, 1.807) is 25.1 Å². The van der Waals surface area contributed by atoms with E-state index >= 15 is 0 Å². The summed E-state index contributed by atoms with van der Waals surface area (Å²) in [5.74, 6) is 0.560. The number of hydrogen-bond donors (Lipinski definition) is 2. The van der Waals surface area contributed by atoms with E-state index in [1.807, 2.05) is 6.92 Å². The lowest BCUT2D eigenvalue weighted by molar-refractivity contribution is -0.141. The predicted molar refractivity (Wildman–Crippen MR) is 94.1 cm³/mol.